The minimum atomic E-state index is -1.04. The first-order valence-electron chi connectivity index (χ1n) is 8.38. The van der Waals surface area contributed by atoms with Crippen molar-refractivity contribution in [3.05, 3.63) is 87.7 Å². The lowest BCUT2D eigenvalue weighted by atomic mass is 10.1. The van der Waals surface area contributed by atoms with E-state index in [1.165, 1.54) is 6.07 Å². The minimum absolute atomic E-state index is 0.142. The Bertz CT molecular complexity index is 1230. The van der Waals surface area contributed by atoms with Crippen molar-refractivity contribution in [1.82, 2.24) is 4.98 Å². The first-order chi connectivity index (χ1) is 13.5. The zero-order chi connectivity index (χ0) is 19.7. The van der Waals surface area contributed by atoms with Crippen LogP contribution in [-0.4, -0.2) is 16.1 Å². The molecule has 0 saturated heterocycles. The Morgan fingerprint density at radius 2 is 1.82 bits per heavy atom. The van der Waals surface area contributed by atoms with Crippen molar-refractivity contribution in [3.63, 3.8) is 0 Å². The van der Waals surface area contributed by atoms with Crippen LogP contribution in [0.25, 0.3) is 34.4 Å². The van der Waals surface area contributed by atoms with Crippen molar-refractivity contribution in [1.29, 1.82) is 0 Å². The van der Waals surface area contributed by atoms with Gasteiger partial charge in [-0.15, -0.1) is 0 Å². The van der Waals surface area contributed by atoms with E-state index in [9.17, 15) is 9.90 Å². The number of aromatic carboxylic acids is 1. The fourth-order valence-corrected chi connectivity index (χ4v) is 3.30. The topological polar surface area (TPSA) is 63.3 Å². The summed E-state index contributed by atoms with van der Waals surface area (Å²) < 4.78 is 5.82. The average Bonchev–Trinajstić information content (AvgIpc) is 3.15. The summed E-state index contributed by atoms with van der Waals surface area (Å²) in [5.74, 6) is 0.214. The number of furan rings is 1. The van der Waals surface area contributed by atoms with Crippen LogP contribution in [0, 0.1) is 0 Å². The van der Waals surface area contributed by atoms with Gasteiger partial charge < -0.3 is 9.52 Å². The number of rotatable bonds is 4. The largest absolute Gasteiger partial charge is 0.478 e. The zero-order valence-corrected chi connectivity index (χ0v) is 15.9. The number of carboxylic acids is 1. The van der Waals surface area contributed by atoms with Gasteiger partial charge in [0.2, 0.25) is 0 Å². The quantitative estimate of drug-likeness (QED) is 0.408. The molecule has 0 fully saturated rings. The van der Waals surface area contributed by atoms with Crippen molar-refractivity contribution < 1.29 is 14.3 Å². The van der Waals surface area contributed by atoms with E-state index in [0.29, 0.717) is 38.2 Å². The summed E-state index contributed by atoms with van der Waals surface area (Å²) in [7, 11) is 0. The van der Waals surface area contributed by atoms with Crippen LogP contribution in [0.5, 0.6) is 0 Å². The second-order valence-corrected chi connectivity index (χ2v) is 6.92. The summed E-state index contributed by atoms with van der Waals surface area (Å²) in [6.45, 7) is 0. The lowest BCUT2D eigenvalue weighted by Crippen LogP contribution is -2.00. The molecule has 4 rings (SSSR count). The predicted molar refractivity (Wildman–Crippen MR) is 112 cm³/mol. The number of halogens is 2. The molecule has 0 aliphatic rings. The molecule has 6 heteroatoms. The third-order valence-electron chi connectivity index (χ3n) is 4.21. The Hall–Kier alpha value is -3.08. The number of aromatic nitrogens is 1. The highest BCUT2D eigenvalue weighted by Gasteiger charge is 2.12. The van der Waals surface area contributed by atoms with Crippen molar-refractivity contribution in [2.24, 2.45) is 0 Å². The van der Waals surface area contributed by atoms with Crippen LogP contribution in [-0.2, 0) is 0 Å². The van der Waals surface area contributed by atoms with Crippen LogP contribution in [0.3, 0.4) is 0 Å². The number of carbonyl (C=O) groups is 1. The summed E-state index contributed by atoms with van der Waals surface area (Å²) in [5.41, 5.74) is 2.00. The van der Waals surface area contributed by atoms with Crippen LogP contribution in [0.1, 0.15) is 21.8 Å². The van der Waals surface area contributed by atoms with Crippen molar-refractivity contribution in [2.75, 3.05) is 0 Å². The number of carboxylic acid groups (broad SMARTS) is 1. The molecule has 0 amide bonds. The van der Waals surface area contributed by atoms with Gasteiger partial charge in [0.05, 0.1) is 21.8 Å². The van der Waals surface area contributed by atoms with E-state index in [1.54, 1.807) is 36.4 Å². The van der Waals surface area contributed by atoms with Crippen LogP contribution >= 0.6 is 23.2 Å². The summed E-state index contributed by atoms with van der Waals surface area (Å²) in [4.78, 5) is 16.1. The number of benzene rings is 2. The SMILES string of the molecule is O=C(O)c1cc(/C=C/c2ccc(-c3ccccc3Cl)o2)nc2ccc(Cl)cc12. The Morgan fingerprint density at radius 1 is 1.00 bits per heavy atom. The monoisotopic (exact) mass is 409 g/mol. The van der Waals surface area contributed by atoms with E-state index < -0.39 is 5.97 Å². The first-order valence-corrected chi connectivity index (χ1v) is 9.13. The minimum Gasteiger partial charge on any atom is -0.478 e. The number of hydrogen-bond donors (Lipinski definition) is 1. The number of nitrogens with zero attached hydrogens (tertiary/aromatic N) is 1. The maximum atomic E-state index is 11.6. The third-order valence-corrected chi connectivity index (χ3v) is 4.77. The molecule has 0 saturated carbocycles. The summed E-state index contributed by atoms with van der Waals surface area (Å²) in [6, 6.07) is 17.6. The lowest BCUT2D eigenvalue weighted by molar-refractivity contribution is 0.0699. The summed E-state index contributed by atoms with van der Waals surface area (Å²) in [6.07, 6.45) is 3.44. The van der Waals surface area contributed by atoms with Crippen LogP contribution in [0.4, 0.5) is 0 Å². The van der Waals surface area contributed by atoms with Gasteiger partial charge in [-0.2, -0.15) is 0 Å². The molecule has 0 radical (unpaired) electrons. The van der Waals surface area contributed by atoms with Crippen molar-refractivity contribution >= 4 is 52.2 Å². The molecule has 2 heterocycles. The molecule has 0 aliphatic carbocycles. The normalized spacial score (nSPS) is 11.4. The fourth-order valence-electron chi connectivity index (χ4n) is 2.90. The van der Waals surface area contributed by atoms with Crippen molar-refractivity contribution in [3.8, 4) is 11.3 Å². The maximum Gasteiger partial charge on any atom is 0.336 e. The van der Waals surface area contributed by atoms with E-state index >= 15 is 0 Å². The molecule has 0 bridgehead atoms. The molecule has 0 unspecified atom stereocenters. The molecule has 4 nitrogen and oxygen atoms in total. The highest BCUT2D eigenvalue weighted by Crippen LogP contribution is 2.30. The molecule has 0 aliphatic heterocycles. The van der Waals surface area contributed by atoms with Gasteiger partial charge in [-0.05, 0) is 60.7 Å². The molecule has 4 aromatic rings. The van der Waals surface area contributed by atoms with E-state index in [-0.39, 0.29) is 5.56 Å². The van der Waals surface area contributed by atoms with Gasteiger partial charge in [0.1, 0.15) is 11.5 Å². The maximum absolute atomic E-state index is 11.6. The van der Waals surface area contributed by atoms with Crippen LogP contribution < -0.4 is 0 Å². The standard InChI is InChI=1S/C22H13Cl2NO3/c23-13-5-9-20-17(11-13)18(22(26)27)12-14(25-20)6-7-15-8-10-21(28-15)16-3-1-2-4-19(16)24/h1-12H,(H,26,27)/b7-6+. The zero-order valence-electron chi connectivity index (χ0n) is 14.4. The number of hydrogen-bond acceptors (Lipinski definition) is 3. The number of fused-ring (bicyclic) bond motifs is 1. The van der Waals surface area contributed by atoms with Gasteiger partial charge in [-0.3, -0.25) is 0 Å². The second kappa shape index (κ2) is 7.50. The van der Waals surface area contributed by atoms with Gasteiger partial charge in [-0.25, -0.2) is 9.78 Å². The highest BCUT2D eigenvalue weighted by molar-refractivity contribution is 6.33. The summed E-state index contributed by atoms with van der Waals surface area (Å²) in [5, 5.41) is 11.1. The lowest BCUT2D eigenvalue weighted by Gasteiger charge is -2.04. The highest BCUT2D eigenvalue weighted by atomic mass is 35.5. The molecule has 138 valence electrons. The Labute approximate surface area is 170 Å². The average molecular weight is 410 g/mol. The van der Waals surface area contributed by atoms with Gasteiger partial charge in [0.25, 0.3) is 0 Å². The first kappa shape index (κ1) is 18.3. The van der Waals surface area contributed by atoms with Gasteiger partial charge in [0.15, 0.2) is 0 Å². The molecular formula is C22H13Cl2NO3. The van der Waals surface area contributed by atoms with E-state index in [2.05, 4.69) is 4.98 Å². The van der Waals surface area contributed by atoms with Gasteiger partial charge in [0, 0.05) is 16.0 Å². The van der Waals surface area contributed by atoms with Gasteiger partial charge in [-0.1, -0.05) is 35.3 Å². The molecular weight excluding hydrogens is 397 g/mol. The summed E-state index contributed by atoms with van der Waals surface area (Å²) >= 11 is 12.2. The second-order valence-electron chi connectivity index (χ2n) is 6.08. The van der Waals surface area contributed by atoms with E-state index in [0.717, 1.165) is 5.56 Å². The Balaban J connectivity index is 1.69. The number of pyridine rings is 1. The molecule has 0 spiro atoms. The molecule has 28 heavy (non-hydrogen) atoms. The molecule has 1 N–H and O–H groups in total. The molecule has 2 aromatic carbocycles. The van der Waals surface area contributed by atoms with E-state index in [4.69, 9.17) is 27.6 Å². The molecule has 0 atom stereocenters. The fraction of sp³-hybridized carbons (Fsp3) is 0. The van der Waals surface area contributed by atoms with Gasteiger partial charge >= 0.3 is 5.97 Å². The smallest absolute Gasteiger partial charge is 0.336 e. The van der Waals surface area contributed by atoms with Crippen molar-refractivity contribution in [2.45, 2.75) is 0 Å². The predicted octanol–water partition coefficient (Wildman–Crippen LogP) is 6.67. The molecule has 2 aromatic heterocycles. The van der Waals surface area contributed by atoms with Crippen LogP contribution in [0.15, 0.2) is 65.1 Å². The Kier molecular flexibility index (Phi) is 4.90. The Morgan fingerprint density at radius 3 is 2.61 bits per heavy atom. The van der Waals surface area contributed by atoms with E-state index in [1.807, 2.05) is 30.3 Å². The third kappa shape index (κ3) is 3.65. The van der Waals surface area contributed by atoms with Crippen LogP contribution in [0.2, 0.25) is 10.0 Å².